The van der Waals surface area contributed by atoms with Gasteiger partial charge in [0.1, 0.15) is 189 Å². The summed E-state index contributed by atoms with van der Waals surface area (Å²) < 4.78 is 95.0. The largest absolute Gasteiger partial charge is 0.477 e. The number of rotatable bonds is 31. The van der Waals surface area contributed by atoms with Crippen molar-refractivity contribution in [3.05, 3.63) is 0 Å². The molecule has 28 N–H and O–H groups in total. The second-order valence-corrected chi connectivity index (χ2v) is 28.6. The molecule has 111 heavy (non-hydrogen) atoms. The molecule has 0 spiro atoms. The van der Waals surface area contributed by atoms with Crippen LogP contribution in [0.2, 0.25) is 0 Å². The van der Waals surface area contributed by atoms with Gasteiger partial charge in [-0.05, 0) is 27.7 Å². The topological polar surface area (TPSA) is 758 Å². The number of aliphatic carboxylic acids is 1. The Hall–Kier alpha value is -3.72. The first kappa shape index (κ1) is 92.8. The number of carbonyl (C=O) groups is 4. The molecule has 8 aliphatic heterocycles. The zero-order valence-electron chi connectivity index (χ0n) is 60.7. The van der Waals surface area contributed by atoms with Crippen molar-refractivity contribution in [2.24, 2.45) is 0 Å². The summed E-state index contributed by atoms with van der Waals surface area (Å²) in [6.07, 6.45) is -86.4. The number of carbonyl (C=O) groups excluding carboxylic acids is 3. The van der Waals surface area contributed by atoms with Crippen molar-refractivity contribution in [2.45, 2.75) is 330 Å². The van der Waals surface area contributed by atoms with Gasteiger partial charge in [-0.1, -0.05) is 0 Å². The van der Waals surface area contributed by atoms with Gasteiger partial charge < -0.3 is 219 Å². The van der Waals surface area contributed by atoms with Crippen LogP contribution in [0.3, 0.4) is 0 Å². The van der Waals surface area contributed by atoms with Gasteiger partial charge in [-0.25, -0.2) is 4.79 Å². The van der Waals surface area contributed by atoms with Gasteiger partial charge in [-0.2, -0.15) is 0 Å². The second kappa shape index (κ2) is 39.7. The summed E-state index contributed by atoms with van der Waals surface area (Å²) in [5.41, 5.74) is 0. The summed E-state index contributed by atoms with van der Waals surface area (Å²) in [4.78, 5) is 52.5. The van der Waals surface area contributed by atoms with Crippen molar-refractivity contribution < 1.29 is 223 Å². The van der Waals surface area contributed by atoms with Gasteiger partial charge in [0.2, 0.25) is 17.7 Å². The molecule has 0 aromatic carbocycles. The molecule has 45 atom stereocenters. The number of nitrogens with one attached hydrogen (secondary N) is 3. The number of aliphatic hydroxyl groups is 24. The first-order valence-electron chi connectivity index (χ1n) is 35.6. The number of hydrogen-bond acceptors (Lipinski definition) is 44. The quantitative estimate of drug-likeness (QED) is 0.0306. The predicted molar refractivity (Wildman–Crippen MR) is 346 cm³/mol. The Bertz CT molecular complexity index is 2950. The number of amides is 3. The highest BCUT2D eigenvalue weighted by Crippen LogP contribution is 2.43. The maximum atomic E-state index is 14.1. The summed E-state index contributed by atoms with van der Waals surface area (Å²) in [6.45, 7) is 0.506. The van der Waals surface area contributed by atoms with E-state index in [-0.39, 0.29) is 0 Å². The Morgan fingerprint density at radius 3 is 1.37 bits per heavy atom. The molecular weight excluding hydrogens is 1520 g/mol. The van der Waals surface area contributed by atoms with Gasteiger partial charge in [0.05, 0.1) is 76.2 Å². The van der Waals surface area contributed by atoms with E-state index in [1.54, 1.807) is 0 Å². The Kier molecular flexibility index (Phi) is 33.2. The van der Waals surface area contributed by atoms with Crippen molar-refractivity contribution >= 4 is 23.7 Å². The lowest BCUT2D eigenvalue weighted by atomic mass is 9.89. The monoisotopic (exact) mass is 1630 g/mol. The minimum Gasteiger partial charge on any atom is -0.477 e. The molecule has 8 aliphatic rings. The fourth-order valence-electron chi connectivity index (χ4n) is 14.1. The Labute approximate surface area is 630 Å². The summed E-state index contributed by atoms with van der Waals surface area (Å²) in [7, 11) is 0. The van der Waals surface area contributed by atoms with Crippen LogP contribution in [0.25, 0.3) is 0 Å². The molecule has 644 valence electrons. The van der Waals surface area contributed by atoms with E-state index < -0.39 is 345 Å². The molecule has 48 nitrogen and oxygen atoms in total. The van der Waals surface area contributed by atoms with Crippen molar-refractivity contribution in [3.8, 4) is 0 Å². The van der Waals surface area contributed by atoms with Crippen molar-refractivity contribution in [1.29, 1.82) is 0 Å². The van der Waals surface area contributed by atoms with Gasteiger partial charge in [-0.15, -0.1) is 0 Å². The molecule has 0 bridgehead atoms. The molecular formula is C63H107N3O45. The lowest BCUT2D eigenvalue weighted by Crippen LogP contribution is -2.71. The van der Waals surface area contributed by atoms with Gasteiger partial charge >= 0.3 is 5.97 Å². The minimum absolute atomic E-state index is 0.825. The van der Waals surface area contributed by atoms with Crippen molar-refractivity contribution in [3.63, 3.8) is 0 Å². The molecule has 0 radical (unpaired) electrons. The lowest BCUT2D eigenvalue weighted by Gasteiger charge is -2.52. The smallest absolute Gasteiger partial charge is 0.364 e. The molecule has 8 rings (SSSR count). The third-order valence-electron chi connectivity index (χ3n) is 20.4. The first-order chi connectivity index (χ1) is 52.1. The van der Waals surface area contributed by atoms with Gasteiger partial charge in [0, 0.05) is 27.2 Å². The average molecular weight is 1630 g/mol. The minimum atomic E-state index is -3.60. The summed E-state index contributed by atoms with van der Waals surface area (Å²) in [5.74, 6) is -8.67. The average Bonchev–Trinajstić information content (AvgIpc) is 0.758. The summed E-state index contributed by atoms with van der Waals surface area (Å²) in [5, 5.41) is 285. The van der Waals surface area contributed by atoms with E-state index in [1.807, 2.05) is 0 Å². The highest BCUT2D eigenvalue weighted by atomic mass is 16.8. The number of ether oxygens (including phenoxy) is 16. The van der Waals surface area contributed by atoms with Crippen molar-refractivity contribution in [2.75, 3.05) is 39.6 Å². The van der Waals surface area contributed by atoms with Gasteiger partial charge in [0.15, 0.2) is 44.0 Å². The number of aliphatic hydroxyl groups excluding tert-OH is 24. The summed E-state index contributed by atoms with van der Waals surface area (Å²) in [6, 6.07) is -5.54. The van der Waals surface area contributed by atoms with Crippen molar-refractivity contribution in [1.82, 2.24) is 16.0 Å². The molecule has 0 saturated carbocycles. The third-order valence-corrected chi connectivity index (χ3v) is 20.4. The molecule has 0 aromatic rings. The molecule has 8 saturated heterocycles. The van der Waals surface area contributed by atoms with Crippen LogP contribution in [-0.4, -0.2) is 466 Å². The SMILES string of the molecule is CC(=O)N[C@H]1[C@H](O[C@H]2[C@H](O[C@@H]3O[C@@H](C)[C@@H](O)[C@@H](O)[C@@H]3O)[C@@H](NC(C)=O)[C@H](OC[C@@H](O)[C@H](O)[C@H](O[C@@H]3O[C@H](CO)[C@H](O)[C@H](O[C@]4(C(=O)O)C[C@H](O[C@@H]5O[C@@H](C)[C@@H](O)[C@@H](O[C@@H]6O[C@@H](C)[C@@H](O)[C@@H](O)[C@@H]6O)[C@@H]5O[C@@H]5O[C@@H](C)[C@@H](O)[C@@H](O)[C@@H]5O)[C@@H](O)[C@H]([C@H](O)[C@H](O)CO)O4)[C@H]3O)[C@H](CO)NC(C)=O)O[C@@H]2CO)O[C@H](CO)[C@H](O)[C@@H]1O. The Morgan fingerprint density at radius 1 is 0.423 bits per heavy atom. The molecule has 8 fully saturated rings. The van der Waals surface area contributed by atoms with Crippen LogP contribution in [0, 0.1) is 0 Å². The van der Waals surface area contributed by atoms with E-state index in [4.69, 9.17) is 75.8 Å². The van der Waals surface area contributed by atoms with Crippen LogP contribution in [0.4, 0.5) is 0 Å². The number of carboxylic acids is 1. The van der Waals surface area contributed by atoms with E-state index in [9.17, 15) is 147 Å². The Morgan fingerprint density at radius 2 is 0.883 bits per heavy atom. The van der Waals surface area contributed by atoms with E-state index in [0.717, 1.165) is 20.8 Å². The molecule has 48 heteroatoms. The maximum Gasteiger partial charge on any atom is 0.364 e. The number of hydrogen-bond donors (Lipinski definition) is 28. The van der Waals surface area contributed by atoms with E-state index >= 15 is 0 Å². The van der Waals surface area contributed by atoms with E-state index in [0.29, 0.717) is 0 Å². The standard InChI is InChI=1S/C63H107N3O45/c1-15-31(77)41(87)44(90)57(97-15)107-50-30(66-21(7)74)55(104-28(13-71)49(50)106-56-29(65-20(6)73)40(86)37(83)26(11-69)102-56)96-14-24(76)36(82)48(22(9-67)64-19(5)72)105-60-47(93)52(39(85)27(12-70)103-60)111-63(62(94)95)8-25(38(84)51(110-63)35(81)23(75)10-68)101-61-54(109-59-46(92)43(89)33(79)17(3)99-59)53(34(80)18(4)100-61)108-58-45(91)42(88)32(78)16(2)98-58/h15-18,22-61,67-71,75-93H,8-14H2,1-7H3,(H,64,72)(H,65,73)(H,66,74)(H,94,95)/t15-,16-,17-,18-,22-,23+,24+,25-,26+,27+,28+,29+,30+,31+,32+,33+,34+,35+,36-,37-,38+,39-,40+,41+,42+,43+,44-,45-,46-,47+,48+,49+,50+,51-,52-,53+,54-,55+,56-,57-,58-,59-,60-,61-,63-/m0/s1. The molecule has 0 aliphatic carbocycles. The highest BCUT2D eigenvalue weighted by molar-refractivity contribution is 5.76. The van der Waals surface area contributed by atoms with Crippen LogP contribution in [0.1, 0.15) is 54.9 Å². The predicted octanol–water partition coefficient (Wildman–Crippen LogP) is -17.2. The second-order valence-electron chi connectivity index (χ2n) is 28.6. The highest BCUT2D eigenvalue weighted by Gasteiger charge is 2.63. The molecule has 0 unspecified atom stereocenters. The first-order valence-corrected chi connectivity index (χ1v) is 35.6. The lowest BCUT2D eigenvalue weighted by molar-refractivity contribution is -0.408. The van der Waals surface area contributed by atoms with E-state index in [2.05, 4.69) is 16.0 Å². The van der Waals surface area contributed by atoms with Crippen LogP contribution in [0.5, 0.6) is 0 Å². The normalized spacial score (nSPS) is 46.9. The van der Waals surface area contributed by atoms with Crippen LogP contribution in [-0.2, 0) is 95.0 Å². The van der Waals surface area contributed by atoms with Gasteiger partial charge in [-0.3, -0.25) is 14.4 Å². The number of carboxylic acid groups (broad SMARTS) is 1. The maximum absolute atomic E-state index is 14.1. The van der Waals surface area contributed by atoms with E-state index in [1.165, 1.54) is 27.7 Å². The van der Waals surface area contributed by atoms with Crippen LogP contribution >= 0.6 is 0 Å². The molecule has 0 aromatic heterocycles. The fourth-order valence-corrected chi connectivity index (χ4v) is 14.1. The van der Waals surface area contributed by atoms with Crippen LogP contribution in [0.15, 0.2) is 0 Å². The van der Waals surface area contributed by atoms with Gasteiger partial charge in [0.25, 0.3) is 5.79 Å². The fraction of sp³-hybridized carbons (Fsp3) is 0.937. The third kappa shape index (κ3) is 20.7. The Balaban J connectivity index is 1.11. The zero-order valence-corrected chi connectivity index (χ0v) is 60.7. The molecule has 3 amide bonds. The summed E-state index contributed by atoms with van der Waals surface area (Å²) >= 11 is 0. The zero-order chi connectivity index (χ0) is 82.6. The molecule has 8 heterocycles. The van der Waals surface area contributed by atoms with Crippen LogP contribution < -0.4 is 16.0 Å².